The minimum Gasteiger partial charge on any atom is -0.349 e. The van der Waals surface area contributed by atoms with Crippen molar-refractivity contribution in [1.29, 1.82) is 0 Å². The number of benzene rings is 1. The lowest BCUT2D eigenvalue weighted by Crippen LogP contribution is -2.40. The zero-order valence-electron chi connectivity index (χ0n) is 15.3. The van der Waals surface area contributed by atoms with Gasteiger partial charge in [-0.3, -0.25) is 9.69 Å². The Balaban J connectivity index is 0.00000182. The lowest BCUT2D eigenvalue weighted by molar-refractivity contribution is 0.0925. The van der Waals surface area contributed by atoms with Crippen LogP contribution in [0.3, 0.4) is 0 Å². The predicted molar refractivity (Wildman–Crippen MR) is 113 cm³/mol. The van der Waals surface area contributed by atoms with Gasteiger partial charge in [0.15, 0.2) is 9.84 Å². The SMILES string of the molecule is Cl.Cl.NC1CCC(NC(=O)c2cccc(CN3CCS(=O)(=O)CC3)c2)CC1. The Morgan fingerprint density at radius 3 is 2.37 bits per heavy atom. The van der Waals surface area contributed by atoms with Gasteiger partial charge in [-0.15, -0.1) is 24.8 Å². The molecule has 0 atom stereocenters. The third-order valence-corrected chi connectivity index (χ3v) is 6.75. The minimum atomic E-state index is -2.86. The number of nitrogens with one attached hydrogen (secondary N) is 1. The van der Waals surface area contributed by atoms with E-state index in [1.54, 1.807) is 0 Å². The van der Waals surface area contributed by atoms with Crippen molar-refractivity contribution in [2.45, 2.75) is 44.3 Å². The third kappa shape index (κ3) is 7.23. The monoisotopic (exact) mass is 437 g/mol. The van der Waals surface area contributed by atoms with Crippen molar-refractivity contribution in [2.24, 2.45) is 5.73 Å². The van der Waals surface area contributed by atoms with Crippen LogP contribution in [0.2, 0.25) is 0 Å². The number of hydrogen-bond donors (Lipinski definition) is 2. The van der Waals surface area contributed by atoms with E-state index in [1.165, 1.54) is 0 Å². The first-order chi connectivity index (χ1) is 11.9. The van der Waals surface area contributed by atoms with Crippen LogP contribution in [-0.4, -0.2) is 55.9 Å². The normalized spacial score (nSPS) is 24.9. The van der Waals surface area contributed by atoms with E-state index in [0.29, 0.717) is 25.2 Å². The molecule has 1 heterocycles. The molecule has 1 aliphatic carbocycles. The van der Waals surface area contributed by atoms with Crippen molar-refractivity contribution >= 4 is 40.6 Å². The first kappa shape index (κ1) is 24.2. The lowest BCUT2D eigenvalue weighted by Gasteiger charge is -2.27. The van der Waals surface area contributed by atoms with E-state index in [1.807, 2.05) is 24.3 Å². The molecule has 154 valence electrons. The van der Waals surface area contributed by atoms with Gasteiger partial charge >= 0.3 is 0 Å². The van der Waals surface area contributed by atoms with Crippen molar-refractivity contribution in [1.82, 2.24) is 10.2 Å². The Hall–Kier alpha value is -0.860. The van der Waals surface area contributed by atoms with Crippen LogP contribution in [0, 0.1) is 0 Å². The van der Waals surface area contributed by atoms with Crippen LogP contribution in [0.15, 0.2) is 24.3 Å². The highest BCUT2D eigenvalue weighted by Crippen LogP contribution is 2.18. The molecule has 1 aromatic carbocycles. The summed E-state index contributed by atoms with van der Waals surface area (Å²) < 4.78 is 23.0. The predicted octanol–water partition coefficient (Wildman–Crippen LogP) is 1.76. The van der Waals surface area contributed by atoms with Crippen LogP contribution in [0.25, 0.3) is 0 Å². The summed E-state index contributed by atoms with van der Waals surface area (Å²) in [7, 11) is -2.86. The van der Waals surface area contributed by atoms with E-state index in [0.717, 1.165) is 31.2 Å². The van der Waals surface area contributed by atoms with Gasteiger partial charge in [-0.25, -0.2) is 8.42 Å². The van der Waals surface area contributed by atoms with Crippen molar-refractivity contribution in [3.05, 3.63) is 35.4 Å². The molecule has 1 saturated heterocycles. The number of sulfone groups is 1. The highest BCUT2D eigenvalue weighted by Gasteiger charge is 2.22. The Morgan fingerprint density at radius 1 is 1.11 bits per heavy atom. The average Bonchev–Trinajstić information content (AvgIpc) is 2.59. The Bertz CT molecular complexity index is 708. The van der Waals surface area contributed by atoms with Crippen LogP contribution >= 0.6 is 24.8 Å². The molecule has 27 heavy (non-hydrogen) atoms. The fourth-order valence-electron chi connectivity index (χ4n) is 3.51. The second-order valence-electron chi connectivity index (χ2n) is 7.21. The van der Waals surface area contributed by atoms with E-state index in [4.69, 9.17) is 5.73 Å². The summed E-state index contributed by atoms with van der Waals surface area (Å²) in [6.07, 6.45) is 3.80. The van der Waals surface area contributed by atoms with Gasteiger partial charge in [0.25, 0.3) is 5.91 Å². The van der Waals surface area contributed by atoms with Crippen LogP contribution in [0.5, 0.6) is 0 Å². The molecule has 3 rings (SSSR count). The number of halogens is 2. The molecule has 1 aromatic rings. The average molecular weight is 438 g/mol. The molecule has 1 aliphatic heterocycles. The third-order valence-electron chi connectivity index (χ3n) is 5.14. The maximum Gasteiger partial charge on any atom is 0.251 e. The number of nitrogens with two attached hydrogens (primary N) is 1. The molecule has 0 aromatic heterocycles. The Labute approximate surface area is 174 Å². The molecule has 0 radical (unpaired) electrons. The van der Waals surface area contributed by atoms with Gasteiger partial charge in [0, 0.05) is 37.3 Å². The molecule has 1 saturated carbocycles. The molecule has 2 aliphatic rings. The van der Waals surface area contributed by atoms with Gasteiger partial charge in [0.05, 0.1) is 11.5 Å². The van der Waals surface area contributed by atoms with Gasteiger partial charge in [-0.2, -0.15) is 0 Å². The van der Waals surface area contributed by atoms with Gasteiger partial charge in [0.1, 0.15) is 0 Å². The van der Waals surface area contributed by atoms with Gasteiger partial charge in [0.2, 0.25) is 0 Å². The number of rotatable bonds is 4. The second kappa shape index (κ2) is 10.6. The van der Waals surface area contributed by atoms with Crippen LogP contribution < -0.4 is 11.1 Å². The summed E-state index contributed by atoms with van der Waals surface area (Å²) in [6, 6.07) is 8.09. The number of nitrogens with zero attached hydrogens (tertiary/aromatic N) is 1. The summed E-state index contributed by atoms with van der Waals surface area (Å²) in [4.78, 5) is 14.6. The maximum absolute atomic E-state index is 12.5. The number of amides is 1. The maximum atomic E-state index is 12.5. The Kier molecular flexibility index (Phi) is 9.51. The summed E-state index contributed by atoms with van der Waals surface area (Å²) >= 11 is 0. The zero-order valence-corrected chi connectivity index (χ0v) is 17.8. The van der Waals surface area contributed by atoms with Gasteiger partial charge < -0.3 is 11.1 Å². The fourth-order valence-corrected chi connectivity index (χ4v) is 4.79. The van der Waals surface area contributed by atoms with Crippen molar-refractivity contribution in [2.75, 3.05) is 24.6 Å². The second-order valence-corrected chi connectivity index (χ2v) is 9.52. The van der Waals surface area contributed by atoms with E-state index in [-0.39, 0.29) is 54.3 Å². The molecule has 2 fully saturated rings. The number of carbonyl (C=O) groups excluding carboxylic acids is 1. The van der Waals surface area contributed by atoms with E-state index < -0.39 is 9.84 Å². The zero-order chi connectivity index (χ0) is 17.9. The standard InChI is InChI=1S/C18H27N3O3S.2ClH/c19-16-4-6-17(7-5-16)20-18(22)15-3-1-2-14(12-15)13-21-8-10-25(23,24)11-9-21;;/h1-3,12,16-17H,4-11,13,19H2,(H,20,22);2*1H. The van der Waals surface area contributed by atoms with Gasteiger partial charge in [-0.1, -0.05) is 12.1 Å². The molecule has 6 nitrogen and oxygen atoms in total. The van der Waals surface area contributed by atoms with Crippen LogP contribution in [0.1, 0.15) is 41.6 Å². The number of carbonyl (C=O) groups is 1. The van der Waals surface area contributed by atoms with Crippen molar-refractivity contribution in [3.63, 3.8) is 0 Å². The summed E-state index contributed by atoms with van der Waals surface area (Å²) in [5.41, 5.74) is 7.61. The first-order valence-electron chi connectivity index (χ1n) is 8.99. The highest BCUT2D eigenvalue weighted by atomic mass is 35.5. The first-order valence-corrected chi connectivity index (χ1v) is 10.8. The highest BCUT2D eigenvalue weighted by molar-refractivity contribution is 7.91. The summed E-state index contributed by atoms with van der Waals surface area (Å²) in [5, 5.41) is 3.11. The van der Waals surface area contributed by atoms with Crippen LogP contribution in [-0.2, 0) is 16.4 Å². The number of hydrogen-bond acceptors (Lipinski definition) is 5. The van der Waals surface area contributed by atoms with Crippen molar-refractivity contribution in [3.8, 4) is 0 Å². The largest absolute Gasteiger partial charge is 0.349 e. The summed E-state index contributed by atoms with van der Waals surface area (Å²) in [5.74, 6) is 0.400. The van der Waals surface area contributed by atoms with Crippen LogP contribution in [0.4, 0.5) is 0 Å². The van der Waals surface area contributed by atoms with E-state index in [2.05, 4.69) is 10.2 Å². The molecule has 0 unspecified atom stereocenters. The van der Waals surface area contributed by atoms with E-state index >= 15 is 0 Å². The molecule has 0 bridgehead atoms. The Morgan fingerprint density at radius 2 is 1.74 bits per heavy atom. The molecular formula is C18H29Cl2N3O3S. The fraction of sp³-hybridized carbons (Fsp3) is 0.611. The topological polar surface area (TPSA) is 92.5 Å². The quantitative estimate of drug-likeness (QED) is 0.748. The van der Waals surface area contributed by atoms with E-state index in [9.17, 15) is 13.2 Å². The molecule has 1 amide bonds. The smallest absolute Gasteiger partial charge is 0.251 e. The summed E-state index contributed by atoms with van der Waals surface area (Å²) in [6.45, 7) is 1.79. The molecule has 0 spiro atoms. The van der Waals surface area contributed by atoms with Crippen molar-refractivity contribution < 1.29 is 13.2 Å². The molecular weight excluding hydrogens is 409 g/mol. The van der Waals surface area contributed by atoms with Gasteiger partial charge in [-0.05, 0) is 43.4 Å². The molecule has 3 N–H and O–H groups in total. The minimum absolute atomic E-state index is 0. The molecule has 9 heteroatoms. The lowest BCUT2D eigenvalue weighted by atomic mass is 9.91.